The third-order valence-electron chi connectivity index (χ3n) is 5.07. The van der Waals surface area contributed by atoms with Gasteiger partial charge in [-0.25, -0.2) is 4.39 Å². The Kier molecular flexibility index (Phi) is 7.67. The van der Waals surface area contributed by atoms with Crippen LogP contribution in [-0.4, -0.2) is 54.7 Å². The summed E-state index contributed by atoms with van der Waals surface area (Å²) >= 11 is 0. The van der Waals surface area contributed by atoms with Gasteiger partial charge in [-0.15, -0.1) is 0 Å². The van der Waals surface area contributed by atoms with Gasteiger partial charge in [0.2, 0.25) is 5.56 Å². The van der Waals surface area contributed by atoms with Crippen molar-refractivity contribution < 1.29 is 4.39 Å². The standard InChI is InChI=1S/C22H30FN5O/c1-2-24-22(25-12-6-8-14-27-13-7-5-11-21(27)29)28-17-15-26(16-18-28)20-10-4-3-9-19(20)23/h3-5,7,9-11,13H,2,6,8,12,14-18H2,1H3,(H,24,25). The Morgan fingerprint density at radius 2 is 1.83 bits per heavy atom. The van der Waals surface area contributed by atoms with Crippen molar-refractivity contribution in [1.29, 1.82) is 0 Å². The fourth-order valence-electron chi connectivity index (χ4n) is 3.52. The molecule has 0 spiro atoms. The quantitative estimate of drug-likeness (QED) is 0.442. The molecule has 3 rings (SSSR count). The van der Waals surface area contributed by atoms with Crippen LogP contribution in [-0.2, 0) is 6.54 Å². The molecule has 29 heavy (non-hydrogen) atoms. The van der Waals surface area contributed by atoms with Crippen molar-refractivity contribution >= 4 is 11.6 Å². The molecule has 0 bridgehead atoms. The SMILES string of the molecule is CCNC(=NCCCCn1ccccc1=O)N1CCN(c2ccccc2F)CC1. The van der Waals surface area contributed by atoms with Gasteiger partial charge < -0.3 is 19.7 Å². The molecule has 0 amide bonds. The molecule has 2 heterocycles. The van der Waals surface area contributed by atoms with Gasteiger partial charge in [0.1, 0.15) is 5.82 Å². The maximum absolute atomic E-state index is 14.0. The van der Waals surface area contributed by atoms with Crippen molar-refractivity contribution in [1.82, 2.24) is 14.8 Å². The van der Waals surface area contributed by atoms with Gasteiger partial charge >= 0.3 is 0 Å². The monoisotopic (exact) mass is 399 g/mol. The van der Waals surface area contributed by atoms with Crippen LogP contribution in [0.25, 0.3) is 0 Å². The lowest BCUT2D eigenvalue weighted by molar-refractivity contribution is 0.370. The van der Waals surface area contributed by atoms with Crippen LogP contribution in [0.2, 0.25) is 0 Å². The minimum absolute atomic E-state index is 0.0389. The van der Waals surface area contributed by atoms with Crippen LogP contribution in [0.3, 0.4) is 0 Å². The molecule has 1 fully saturated rings. The highest BCUT2D eigenvalue weighted by molar-refractivity contribution is 5.80. The highest BCUT2D eigenvalue weighted by Gasteiger charge is 2.21. The van der Waals surface area contributed by atoms with Crippen LogP contribution in [0.5, 0.6) is 0 Å². The van der Waals surface area contributed by atoms with Gasteiger partial charge in [-0.05, 0) is 38.0 Å². The molecule has 156 valence electrons. The number of halogens is 1. The van der Waals surface area contributed by atoms with E-state index in [1.54, 1.807) is 22.8 Å². The van der Waals surface area contributed by atoms with E-state index in [4.69, 9.17) is 4.99 Å². The summed E-state index contributed by atoms with van der Waals surface area (Å²) in [4.78, 5) is 20.8. The normalized spacial score (nSPS) is 14.9. The number of hydrogen-bond acceptors (Lipinski definition) is 3. The number of nitrogens with zero attached hydrogens (tertiary/aromatic N) is 4. The average molecular weight is 400 g/mol. The van der Waals surface area contributed by atoms with Gasteiger partial charge in [0.25, 0.3) is 0 Å². The lowest BCUT2D eigenvalue weighted by Crippen LogP contribution is -2.52. The summed E-state index contributed by atoms with van der Waals surface area (Å²) in [5, 5.41) is 3.36. The Labute approximate surface area is 171 Å². The number of para-hydroxylation sites is 1. The largest absolute Gasteiger partial charge is 0.366 e. The zero-order chi connectivity index (χ0) is 20.5. The van der Waals surface area contributed by atoms with Crippen molar-refractivity contribution in [2.24, 2.45) is 4.99 Å². The predicted molar refractivity (Wildman–Crippen MR) is 116 cm³/mol. The maximum atomic E-state index is 14.0. The first-order valence-electron chi connectivity index (χ1n) is 10.4. The minimum Gasteiger partial charge on any atom is -0.366 e. The van der Waals surface area contributed by atoms with Crippen molar-refractivity contribution in [2.45, 2.75) is 26.3 Å². The topological polar surface area (TPSA) is 52.9 Å². The average Bonchev–Trinajstić information content (AvgIpc) is 2.74. The van der Waals surface area contributed by atoms with Gasteiger partial charge in [0.15, 0.2) is 5.96 Å². The van der Waals surface area contributed by atoms with Crippen LogP contribution < -0.4 is 15.8 Å². The number of aryl methyl sites for hydroxylation is 1. The maximum Gasteiger partial charge on any atom is 0.250 e. The molecule has 0 aliphatic carbocycles. The van der Waals surface area contributed by atoms with Crippen LogP contribution >= 0.6 is 0 Å². The van der Waals surface area contributed by atoms with Crippen molar-refractivity contribution in [2.75, 3.05) is 44.2 Å². The smallest absolute Gasteiger partial charge is 0.250 e. The van der Waals surface area contributed by atoms with Gasteiger partial charge in [0.05, 0.1) is 5.69 Å². The molecule has 1 N–H and O–H groups in total. The molecule has 0 saturated carbocycles. The zero-order valence-electron chi connectivity index (χ0n) is 17.1. The molecule has 0 atom stereocenters. The number of nitrogens with one attached hydrogen (secondary N) is 1. The Morgan fingerprint density at radius 3 is 2.55 bits per heavy atom. The molecule has 0 radical (unpaired) electrons. The molecule has 1 aliphatic heterocycles. The van der Waals surface area contributed by atoms with E-state index in [1.165, 1.54) is 6.07 Å². The van der Waals surface area contributed by atoms with Gasteiger partial charge in [-0.3, -0.25) is 9.79 Å². The molecule has 2 aromatic rings. The fraction of sp³-hybridized carbons (Fsp3) is 0.455. The Hall–Kier alpha value is -2.83. The number of pyridine rings is 1. The van der Waals surface area contributed by atoms with E-state index in [9.17, 15) is 9.18 Å². The van der Waals surface area contributed by atoms with E-state index < -0.39 is 0 Å². The molecular formula is C22H30FN5O. The van der Waals surface area contributed by atoms with Crippen molar-refractivity contribution in [3.63, 3.8) is 0 Å². The lowest BCUT2D eigenvalue weighted by Gasteiger charge is -2.37. The van der Waals surface area contributed by atoms with Gasteiger partial charge in [-0.2, -0.15) is 0 Å². The third-order valence-corrected chi connectivity index (χ3v) is 5.07. The van der Waals surface area contributed by atoms with Crippen LogP contribution in [0.4, 0.5) is 10.1 Å². The number of piperazine rings is 1. The molecule has 1 aromatic heterocycles. The highest BCUT2D eigenvalue weighted by atomic mass is 19.1. The summed E-state index contributed by atoms with van der Waals surface area (Å²) in [5.74, 6) is 0.747. The van der Waals surface area contributed by atoms with Gasteiger partial charge in [-0.1, -0.05) is 18.2 Å². The third kappa shape index (κ3) is 5.82. The number of aliphatic imine (C=N–C) groups is 1. The number of anilines is 1. The summed E-state index contributed by atoms with van der Waals surface area (Å²) in [7, 11) is 0. The fourth-order valence-corrected chi connectivity index (χ4v) is 3.52. The summed E-state index contributed by atoms with van der Waals surface area (Å²) in [6.45, 7) is 7.45. The Balaban J connectivity index is 1.48. The molecule has 7 heteroatoms. The van der Waals surface area contributed by atoms with Gasteiger partial charge in [0, 0.05) is 58.1 Å². The molecular weight excluding hydrogens is 369 g/mol. The van der Waals surface area contributed by atoms with E-state index in [1.807, 2.05) is 24.4 Å². The van der Waals surface area contributed by atoms with E-state index in [0.29, 0.717) is 12.2 Å². The van der Waals surface area contributed by atoms with Crippen molar-refractivity contribution in [3.05, 3.63) is 64.8 Å². The molecule has 1 aliphatic rings. The van der Waals surface area contributed by atoms with Crippen LogP contribution in [0, 0.1) is 5.82 Å². The Bertz CT molecular complexity index is 858. The van der Waals surface area contributed by atoms with Crippen molar-refractivity contribution in [3.8, 4) is 0 Å². The number of guanidine groups is 1. The number of rotatable bonds is 7. The summed E-state index contributed by atoms with van der Waals surface area (Å²) in [5.41, 5.74) is 0.710. The molecule has 0 unspecified atom stereocenters. The number of benzene rings is 1. The van der Waals surface area contributed by atoms with Crippen LogP contribution in [0.15, 0.2) is 58.4 Å². The minimum atomic E-state index is -0.168. The number of aromatic nitrogens is 1. The molecule has 6 nitrogen and oxygen atoms in total. The summed E-state index contributed by atoms with van der Waals surface area (Å²) < 4.78 is 15.8. The summed E-state index contributed by atoms with van der Waals surface area (Å²) in [6.07, 6.45) is 3.66. The van der Waals surface area contributed by atoms with E-state index in [0.717, 1.165) is 58.1 Å². The highest BCUT2D eigenvalue weighted by Crippen LogP contribution is 2.20. The Morgan fingerprint density at radius 1 is 1.07 bits per heavy atom. The first-order chi connectivity index (χ1) is 14.2. The zero-order valence-corrected chi connectivity index (χ0v) is 17.1. The summed E-state index contributed by atoms with van der Waals surface area (Å²) in [6, 6.07) is 12.2. The van der Waals surface area contributed by atoms with E-state index in [2.05, 4.69) is 22.0 Å². The first-order valence-corrected chi connectivity index (χ1v) is 10.4. The molecule has 1 saturated heterocycles. The second-order valence-corrected chi connectivity index (χ2v) is 7.10. The predicted octanol–water partition coefficient (Wildman–Crippen LogP) is 2.56. The molecule has 1 aromatic carbocycles. The number of unbranched alkanes of at least 4 members (excludes halogenated alkanes) is 1. The first kappa shape index (κ1) is 20.9. The van der Waals surface area contributed by atoms with E-state index in [-0.39, 0.29) is 11.4 Å². The second kappa shape index (κ2) is 10.6. The lowest BCUT2D eigenvalue weighted by atomic mass is 10.2. The van der Waals surface area contributed by atoms with E-state index >= 15 is 0 Å². The number of hydrogen-bond donors (Lipinski definition) is 1. The van der Waals surface area contributed by atoms with Crippen LogP contribution in [0.1, 0.15) is 19.8 Å². The second-order valence-electron chi connectivity index (χ2n) is 7.10.